The lowest BCUT2D eigenvalue weighted by Gasteiger charge is -2.47. The maximum Gasteiger partial charge on any atom is 0.318 e. The molecule has 1 aromatic heterocycles. The van der Waals surface area contributed by atoms with Gasteiger partial charge in [-0.05, 0) is 62.9 Å². The van der Waals surface area contributed by atoms with Gasteiger partial charge in [0.05, 0.1) is 17.3 Å². The quantitative estimate of drug-likeness (QED) is 0.402. The van der Waals surface area contributed by atoms with Crippen LogP contribution in [0.2, 0.25) is 5.02 Å². The van der Waals surface area contributed by atoms with Crippen molar-refractivity contribution in [1.29, 1.82) is 0 Å². The van der Waals surface area contributed by atoms with Crippen LogP contribution in [0.25, 0.3) is 10.8 Å². The molecule has 41 heavy (non-hydrogen) atoms. The van der Waals surface area contributed by atoms with E-state index in [1.54, 1.807) is 0 Å². The second kappa shape index (κ2) is 10.5. The number of carbonyl (C=O) groups excluding carboxylic acids is 1. The molecule has 1 amide bonds. The Balaban J connectivity index is 1.19. The second-order valence-electron chi connectivity index (χ2n) is 12.2. The topological polar surface area (TPSA) is 65.0 Å². The lowest BCUT2D eigenvalue weighted by Crippen LogP contribution is -2.59. The summed E-state index contributed by atoms with van der Waals surface area (Å²) in [6.45, 7) is 10.3. The van der Waals surface area contributed by atoms with Crippen molar-refractivity contribution in [3.63, 3.8) is 0 Å². The predicted molar refractivity (Wildman–Crippen MR) is 163 cm³/mol. The van der Waals surface area contributed by atoms with Crippen LogP contribution in [0, 0.1) is 5.41 Å². The van der Waals surface area contributed by atoms with Gasteiger partial charge in [0.2, 0.25) is 5.91 Å². The molecule has 0 radical (unpaired) electrons. The molecule has 214 valence electrons. The summed E-state index contributed by atoms with van der Waals surface area (Å²) >= 11 is 6.71. The van der Waals surface area contributed by atoms with Gasteiger partial charge >= 0.3 is 6.01 Å². The zero-order chi connectivity index (χ0) is 28.1. The zero-order valence-corrected chi connectivity index (χ0v) is 24.4. The Labute approximate surface area is 246 Å². The summed E-state index contributed by atoms with van der Waals surface area (Å²) in [5.74, 6) is 1.03. The van der Waals surface area contributed by atoms with Crippen molar-refractivity contribution < 1.29 is 9.53 Å². The minimum Gasteiger partial charge on any atom is -0.462 e. The van der Waals surface area contributed by atoms with Crippen LogP contribution in [0.3, 0.4) is 0 Å². The van der Waals surface area contributed by atoms with Crippen molar-refractivity contribution in [1.82, 2.24) is 19.8 Å². The highest BCUT2D eigenvalue weighted by atomic mass is 35.5. The van der Waals surface area contributed by atoms with E-state index in [0.29, 0.717) is 25.2 Å². The second-order valence-corrected chi connectivity index (χ2v) is 12.6. The van der Waals surface area contributed by atoms with Crippen molar-refractivity contribution >= 4 is 39.8 Å². The molecular formula is C32H37ClN6O2. The van der Waals surface area contributed by atoms with E-state index in [9.17, 15) is 4.79 Å². The summed E-state index contributed by atoms with van der Waals surface area (Å²) in [7, 11) is 2.16. The minimum absolute atomic E-state index is 0.0229. The largest absolute Gasteiger partial charge is 0.462 e. The number of benzene rings is 2. The van der Waals surface area contributed by atoms with Crippen LogP contribution in [0.15, 0.2) is 49.1 Å². The highest BCUT2D eigenvalue weighted by molar-refractivity contribution is 6.36. The summed E-state index contributed by atoms with van der Waals surface area (Å²) in [5, 5.41) is 2.99. The molecule has 4 aliphatic heterocycles. The number of likely N-dealkylation sites (N-methyl/N-ethyl adjacent to an activating group) is 1. The van der Waals surface area contributed by atoms with Gasteiger partial charge in [0, 0.05) is 60.8 Å². The number of hydrogen-bond donors (Lipinski definition) is 0. The van der Waals surface area contributed by atoms with Gasteiger partial charge in [-0.25, -0.2) is 0 Å². The van der Waals surface area contributed by atoms with Crippen LogP contribution in [-0.2, 0) is 17.8 Å². The molecule has 3 saturated heterocycles. The smallest absolute Gasteiger partial charge is 0.318 e. The first-order chi connectivity index (χ1) is 19.9. The summed E-state index contributed by atoms with van der Waals surface area (Å²) in [6.07, 6.45) is 5.65. The first-order valence-electron chi connectivity index (χ1n) is 14.7. The Hall–Kier alpha value is -3.36. The normalized spacial score (nSPS) is 21.8. The molecule has 0 aliphatic carbocycles. The predicted octanol–water partition coefficient (Wildman–Crippen LogP) is 4.54. The first kappa shape index (κ1) is 26.5. The van der Waals surface area contributed by atoms with Gasteiger partial charge in [-0.2, -0.15) is 9.97 Å². The number of ether oxygens (including phenoxy) is 1. The lowest BCUT2D eigenvalue weighted by atomic mass is 9.79. The van der Waals surface area contributed by atoms with Crippen LogP contribution in [-0.4, -0.2) is 84.6 Å². The maximum atomic E-state index is 12.1. The van der Waals surface area contributed by atoms with Crippen LogP contribution in [0.1, 0.15) is 30.5 Å². The van der Waals surface area contributed by atoms with Crippen molar-refractivity contribution in [2.75, 3.05) is 62.7 Å². The molecule has 5 heterocycles. The van der Waals surface area contributed by atoms with E-state index in [1.807, 2.05) is 17.0 Å². The summed E-state index contributed by atoms with van der Waals surface area (Å²) in [4.78, 5) is 31.2. The zero-order valence-electron chi connectivity index (χ0n) is 23.7. The fourth-order valence-corrected chi connectivity index (χ4v) is 7.52. The molecule has 0 unspecified atom stereocenters. The van der Waals surface area contributed by atoms with E-state index in [-0.39, 0.29) is 11.3 Å². The molecule has 2 aromatic carbocycles. The standard InChI is InChI=1S/C32H37ClN6O2/c1-3-28(40)39-20-32(21-39)13-16-38(19-32)30-24-12-15-37(27-11-5-8-22-7-4-10-25(33)29(22)27)17-26(24)34-31(35-30)41-18-23-9-6-14-36(23)2/h3-5,7-8,10-11,23H,1,6,9,12-21H2,2H3/t23-/m0/s1. The average molecular weight is 573 g/mol. The van der Waals surface area contributed by atoms with Crippen LogP contribution >= 0.6 is 11.6 Å². The third-order valence-corrected chi connectivity index (χ3v) is 9.86. The number of carbonyl (C=O) groups is 1. The van der Waals surface area contributed by atoms with Crippen LogP contribution < -0.4 is 14.5 Å². The number of rotatable bonds is 6. The SMILES string of the molecule is C=CC(=O)N1CC2(CCN(c3nc(OC[C@@H]4CCCN4C)nc4c3CCN(c3cccc5cccc(Cl)c35)C4)C2)C1. The number of nitrogens with zero attached hydrogens (tertiary/aromatic N) is 6. The number of fused-ring (bicyclic) bond motifs is 2. The van der Waals surface area contributed by atoms with E-state index >= 15 is 0 Å². The summed E-state index contributed by atoms with van der Waals surface area (Å²) in [6, 6.07) is 13.3. The van der Waals surface area contributed by atoms with Gasteiger partial charge in [0.15, 0.2) is 0 Å². The first-order valence-corrected chi connectivity index (χ1v) is 15.1. The number of amides is 1. The summed E-state index contributed by atoms with van der Waals surface area (Å²) in [5.41, 5.74) is 3.51. The highest BCUT2D eigenvalue weighted by Gasteiger charge is 2.49. The average Bonchev–Trinajstić information content (AvgIpc) is 3.60. The third-order valence-electron chi connectivity index (χ3n) is 9.55. The molecule has 3 fully saturated rings. The molecule has 4 aliphatic rings. The molecular weight excluding hydrogens is 536 g/mol. The van der Waals surface area contributed by atoms with Crippen molar-refractivity contribution in [2.24, 2.45) is 5.41 Å². The number of hydrogen-bond acceptors (Lipinski definition) is 7. The Morgan fingerprint density at radius 3 is 2.73 bits per heavy atom. The fraction of sp³-hybridized carbons (Fsp3) is 0.469. The van der Waals surface area contributed by atoms with Crippen molar-refractivity contribution in [2.45, 2.75) is 38.3 Å². The van der Waals surface area contributed by atoms with Crippen LogP contribution in [0.5, 0.6) is 6.01 Å². The van der Waals surface area contributed by atoms with E-state index in [1.165, 1.54) is 18.1 Å². The van der Waals surface area contributed by atoms with E-state index in [4.69, 9.17) is 26.3 Å². The highest BCUT2D eigenvalue weighted by Crippen LogP contribution is 2.43. The van der Waals surface area contributed by atoms with E-state index < -0.39 is 0 Å². The van der Waals surface area contributed by atoms with Crippen molar-refractivity contribution in [3.05, 3.63) is 65.3 Å². The molecule has 7 rings (SSSR count). The Kier molecular flexibility index (Phi) is 6.78. The molecule has 0 saturated carbocycles. The van der Waals surface area contributed by atoms with Gasteiger partial charge in [-0.3, -0.25) is 4.79 Å². The molecule has 0 bridgehead atoms. The lowest BCUT2D eigenvalue weighted by molar-refractivity contribution is -0.136. The number of halogens is 1. The fourth-order valence-electron chi connectivity index (χ4n) is 7.24. The number of aromatic nitrogens is 2. The molecule has 3 aromatic rings. The van der Waals surface area contributed by atoms with Gasteiger partial charge < -0.3 is 24.3 Å². The van der Waals surface area contributed by atoms with E-state index in [2.05, 4.69) is 52.6 Å². The number of likely N-dealkylation sites (tertiary alicyclic amines) is 2. The third kappa shape index (κ3) is 4.81. The molecule has 1 atom stereocenters. The molecule has 9 heteroatoms. The maximum absolute atomic E-state index is 12.1. The van der Waals surface area contributed by atoms with Gasteiger partial charge in [0.25, 0.3) is 0 Å². The van der Waals surface area contributed by atoms with Gasteiger partial charge in [-0.15, -0.1) is 0 Å². The van der Waals surface area contributed by atoms with E-state index in [0.717, 1.165) is 91.5 Å². The molecule has 1 spiro atoms. The molecule has 0 N–H and O–H groups in total. The minimum atomic E-state index is 0.0229. The molecule has 8 nitrogen and oxygen atoms in total. The van der Waals surface area contributed by atoms with Crippen LogP contribution in [0.4, 0.5) is 11.5 Å². The Morgan fingerprint density at radius 1 is 1.12 bits per heavy atom. The Morgan fingerprint density at radius 2 is 1.95 bits per heavy atom. The van der Waals surface area contributed by atoms with Gasteiger partial charge in [0.1, 0.15) is 12.4 Å². The summed E-state index contributed by atoms with van der Waals surface area (Å²) < 4.78 is 6.32. The van der Waals surface area contributed by atoms with Gasteiger partial charge in [-0.1, -0.05) is 42.4 Å². The van der Waals surface area contributed by atoms with Crippen molar-refractivity contribution in [3.8, 4) is 6.01 Å². The monoisotopic (exact) mass is 572 g/mol. The number of anilines is 2. The Bertz CT molecular complexity index is 1500.